The molecule has 0 spiro atoms. The van der Waals surface area contributed by atoms with Crippen LogP contribution in [-0.2, 0) is 13.0 Å². The summed E-state index contributed by atoms with van der Waals surface area (Å²) in [6, 6.07) is 9.10. The molecule has 0 aliphatic rings. The van der Waals surface area contributed by atoms with Crippen LogP contribution in [0.1, 0.15) is 18.2 Å². The normalized spacial score (nSPS) is 10.4. The Kier molecular flexibility index (Phi) is 3.90. The van der Waals surface area contributed by atoms with Gasteiger partial charge >= 0.3 is 0 Å². The number of benzene rings is 1. The Morgan fingerprint density at radius 2 is 1.89 bits per heavy atom. The predicted octanol–water partition coefficient (Wildman–Crippen LogP) is 2.17. The molecule has 1 N–H and O–H groups in total. The highest BCUT2D eigenvalue weighted by Gasteiger charge is 2.08. The van der Waals surface area contributed by atoms with E-state index in [1.54, 1.807) is 13.3 Å². The molecule has 100 valence electrons. The summed E-state index contributed by atoms with van der Waals surface area (Å²) in [4.78, 5) is 11.4. The van der Waals surface area contributed by atoms with E-state index in [1.807, 2.05) is 35.8 Å². The minimum atomic E-state index is -0.331. The van der Waals surface area contributed by atoms with Crippen molar-refractivity contribution in [1.29, 1.82) is 0 Å². The zero-order chi connectivity index (χ0) is 13.8. The highest BCUT2D eigenvalue weighted by atomic mass is 16.5. The Morgan fingerprint density at radius 1 is 1.21 bits per heavy atom. The van der Waals surface area contributed by atoms with E-state index >= 15 is 0 Å². The number of hydrogen-bond donors (Lipinski definition) is 1. The molecule has 19 heavy (non-hydrogen) atoms. The van der Waals surface area contributed by atoms with Crippen LogP contribution in [0.25, 0.3) is 0 Å². The third kappa shape index (κ3) is 2.78. The standard InChI is InChI=1S/C15H17NO3/c1-3-13-15(18)14(17)8-9-16(13)10-11-4-6-12(19-2)7-5-11/h4-9,18H,3,10H2,1-2H3. The number of methoxy groups -OCH3 is 1. The molecule has 0 bridgehead atoms. The largest absolute Gasteiger partial charge is 0.503 e. The number of aromatic nitrogens is 1. The lowest BCUT2D eigenvalue weighted by molar-refractivity contribution is 0.414. The second-order valence-electron chi connectivity index (χ2n) is 4.30. The number of hydrogen-bond acceptors (Lipinski definition) is 3. The van der Waals surface area contributed by atoms with Gasteiger partial charge in [-0.15, -0.1) is 0 Å². The molecular weight excluding hydrogens is 242 g/mol. The predicted molar refractivity (Wildman–Crippen MR) is 73.8 cm³/mol. The molecule has 0 saturated carbocycles. The zero-order valence-electron chi connectivity index (χ0n) is 11.1. The minimum absolute atomic E-state index is 0.154. The molecule has 0 atom stereocenters. The second kappa shape index (κ2) is 5.61. The van der Waals surface area contributed by atoms with Crippen LogP contribution in [0.15, 0.2) is 41.3 Å². The van der Waals surface area contributed by atoms with Gasteiger partial charge in [-0.25, -0.2) is 0 Å². The van der Waals surface area contributed by atoms with Gasteiger partial charge in [-0.3, -0.25) is 4.79 Å². The van der Waals surface area contributed by atoms with E-state index in [9.17, 15) is 9.90 Å². The van der Waals surface area contributed by atoms with E-state index in [0.717, 1.165) is 11.3 Å². The SMILES string of the molecule is CCc1c(O)c(=O)ccn1Cc1ccc(OC)cc1. The summed E-state index contributed by atoms with van der Waals surface area (Å²) in [6.45, 7) is 2.53. The molecule has 2 aromatic rings. The number of pyridine rings is 1. The molecule has 0 aliphatic heterocycles. The van der Waals surface area contributed by atoms with Crippen LogP contribution in [-0.4, -0.2) is 16.8 Å². The van der Waals surface area contributed by atoms with Gasteiger partial charge in [-0.1, -0.05) is 19.1 Å². The second-order valence-corrected chi connectivity index (χ2v) is 4.30. The van der Waals surface area contributed by atoms with Gasteiger partial charge in [-0.05, 0) is 24.1 Å². The topological polar surface area (TPSA) is 51.5 Å². The van der Waals surface area contributed by atoms with Crippen molar-refractivity contribution >= 4 is 0 Å². The fourth-order valence-corrected chi connectivity index (χ4v) is 2.05. The van der Waals surface area contributed by atoms with Gasteiger partial charge < -0.3 is 14.4 Å². The Bertz CT molecular complexity index is 614. The smallest absolute Gasteiger partial charge is 0.223 e. The van der Waals surface area contributed by atoms with E-state index < -0.39 is 0 Å². The first-order valence-corrected chi connectivity index (χ1v) is 6.20. The van der Waals surface area contributed by atoms with Gasteiger partial charge in [0.15, 0.2) is 5.75 Å². The van der Waals surface area contributed by atoms with Crippen LogP contribution in [0.5, 0.6) is 11.5 Å². The summed E-state index contributed by atoms with van der Waals surface area (Å²) in [6.07, 6.45) is 2.32. The van der Waals surface area contributed by atoms with E-state index in [0.29, 0.717) is 18.7 Å². The highest BCUT2D eigenvalue weighted by Crippen LogP contribution is 2.16. The first-order chi connectivity index (χ1) is 9.15. The summed E-state index contributed by atoms with van der Waals surface area (Å²) in [7, 11) is 1.63. The average Bonchev–Trinajstić information content (AvgIpc) is 2.44. The third-order valence-electron chi connectivity index (χ3n) is 3.11. The molecule has 1 aromatic carbocycles. The fourth-order valence-electron chi connectivity index (χ4n) is 2.05. The Balaban J connectivity index is 2.32. The van der Waals surface area contributed by atoms with Gasteiger partial charge in [0.05, 0.1) is 12.8 Å². The van der Waals surface area contributed by atoms with Crippen molar-refractivity contribution < 1.29 is 9.84 Å². The van der Waals surface area contributed by atoms with Gasteiger partial charge in [0.2, 0.25) is 5.43 Å². The van der Waals surface area contributed by atoms with Crippen LogP contribution in [0.4, 0.5) is 0 Å². The molecule has 4 nitrogen and oxygen atoms in total. The van der Waals surface area contributed by atoms with Gasteiger partial charge in [-0.2, -0.15) is 0 Å². The van der Waals surface area contributed by atoms with Gasteiger partial charge in [0.25, 0.3) is 0 Å². The monoisotopic (exact) mass is 259 g/mol. The summed E-state index contributed by atoms with van der Waals surface area (Å²) in [5.41, 5.74) is 1.41. The van der Waals surface area contributed by atoms with Crippen molar-refractivity contribution in [2.24, 2.45) is 0 Å². The Hall–Kier alpha value is -2.23. The number of ether oxygens (including phenoxy) is 1. The molecule has 1 aromatic heterocycles. The van der Waals surface area contributed by atoms with Crippen molar-refractivity contribution in [3.63, 3.8) is 0 Å². The van der Waals surface area contributed by atoms with E-state index in [1.165, 1.54) is 6.07 Å². The molecule has 4 heteroatoms. The molecule has 0 amide bonds. The van der Waals surface area contributed by atoms with E-state index in [4.69, 9.17) is 4.74 Å². The maximum Gasteiger partial charge on any atom is 0.223 e. The van der Waals surface area contributed by atoms with Crippen LogP contribution in [0, 0.1) is 0 Å². The number of aromatic hydroxyl groups is 1. The minimum Gasteiger partial charge on any atom is -0.503 e. The lowest BCUT2D eigenvalue weighted by Gasteiger charge is -2.13. The van der Waals surface area contributed by atoms with Crippen LogP contribution in [0.2, 0.25) is 0 Å². The lowest BCUT2D eigenvalue weighted by atomic mass is 10.2. The molecule has 0 fully saturated rings. The fraction of sp³-hybridized carbons (Fsp3) is 0.267. The first-order valence-electron chi connectivity index (χ1n) is 6.20. The Morgan fingerprint density at radius 3 is 2.47 bits per heavy atom. The summed E-state index contributed by atoms with van der Waals surface area (Å²) in [5.74, 6) is 0.653. The van der Waals surface area contributed by atoms with Crippen molar-refractivity contribution in [2.45, 2.75) is 19.9 Å². The van der Waals surface area contributed by atoms with E-state index in [-0.39, 0.29) is 11.2 Å². The van der Waals surface area contributed by atoms with Crippen molar-refractivity contribution in [3.05, 3.63) is 58.0 Å². The quantitative estimate of drug-likeness (QED) is 0.915. The number of rotatable bonds is 4. The molecular formula is C15H17NO3. The van der Waals surface area contributed by atoms with Gasteiger partial charge in [0.1, 0.15) is 5.75 Å². The van der Waals surface area contributed by atoms with Crippen LogP contribution < -0.4 is 10.2 Å². The van der Waals surface area contributed by atoms with Crippen LogP contribution >= 0.6 is 0 Å². The molecule has 0 radical (unpaired) electrons. The first kappa shape index (κ1) is 13.2. The number of nitrogens with zero attached hydrogens (tertiary/aromatic N) is 1. The van der Waals surface area contributed by atoms with Crippen molar-refractivity contribution in [1.82, 2.24) is 4.57 Å². The molecule has 1 heterocycles. The summed E-state index contributed by atoms with van der Waals surface area (Å²) < 4.78 is 7.00. The van der Waals surface area contributed by atoms with Crippen molar-refractivity contribution in [2.75, 3.05) is 7.11 Å². The zero-order valence-corrected chi connectivity index (χ0v) is 11.1. The maximum absolute atomic E-state index is 11.4. The molecule has 0 aliphatic carbocycles. The Labute approximate surface area is 111 Å². The summed E-state index contributed by atoms with van der Waals surface area (Å²) >= 11 is 0. The van der Waals surface area contributed by atoms with Crippen molar-refractivity contribution in [3.8, 4) is 11.5 Å². The molecule has 0 unspecified atom stereocenters. The molecule has 2 rings (SSSR count). The average molecular weight is 259 g/mol. The van der Waals surface area contributed by atoms with Gasteiger partial charge in [0, 0.05) is 18.8 Å². The highest BCUT2D eigenvalue weighted by molar-refractivity contribution is 5.30. The van der Waals surface area contributed by atoms with Crippen LogP contribution in [0.3, 0.4) is 0 Å². The maximum atomic E-state index is 11.4. The third-order valence-corrected chi connectivity index (χ3v) is 3.11. The van der Waals surface area contributed by atoms with E-state index in [2.05, 4.69) is 0 Å². The lowest BCUT2D eigenvalue weighted by Crippen LogP contribution is -2.12. The summed E-state index contributed by atoms with van der Waals surface area (Å²) in [5, 5.41) is 9.79. The molecule has 0 saturated heterocycles.